The Balaban J connectivity index is 2.63. The fourth-order valence-electron chi connectivity index (χ4n) is 1.52. The van der Waals surface area contributed by atoms with Crippen molar-refractivity contribution in [2.75, 3.05) is 6.61 Å². The zero-order valence-electron chi connectivity index (χ0n) is 8.20. The maximum Gasteiger partial charge on any atom is 0.123 e. The number of thiophene rings is 1. The lowest BCUT2D eigenvalue weighted by Crippen LogP contribution is -1.93. The van der Waals surface area contributed by atoms with Crippen molar-refractivity contribution in [1.82, 2.24) is 0 Å². The molecule has 0 bridgehead atoms. The van der Waals surface area contributed by atoms with E-state index in [1.54, 1.807) is 11.3 Å². The Kier molecular flexibility index (Phi) is 2.70. The molecular formula is C11H12OS2. The third-order valence-electron chi connectivity index (χ3n) is 2.22. The number of thiol groups is 1. The molecule has 0 N–H and O–H groups in total. The van der Waals surface area contributed by atoms with Gasteiger partial charge < -0.3 is 4.74 Å². The van der Waals surface area contributed by atoms with E-state index in [0.717, 1.165) is 10.6 Å². The molecule has 2 rings (SSSR count). The van der Waals surface area contributed by atoms with Gasteiger partial charge in [0, 0.05) is 25.9 Å². The highest BCUT2D eigenvalue weighted by molar-refractivity contribution is 7.80. The summed E-state index contributed by atoms with van der Waals surface area (Å²) in [5, 5.41) is 3.29. The lowest BCUT2D eigenvalue weighted by Gasteiger charge is -2.07. The van der Waals surface area contributed by atoms with Gasteiger partial charge in [-0.3, -0.25) is 0 Å². The molecule has 0 spiro atoms. The van der Waals surface area contributed by atoms with Gasteiger partial charge in [-0.25, -0.2) is 0 Å². The van der Waals surface area contributed by atoms with Gasteiger partial charge in [0.2, 0.25) is 0 Å². The van der Waals surface area contributed by atoms with Crippen molar-refractivity contribution in [3.8, 4) is 5.75 Å². The summed E-state index contributed by atoms with van der Waals surface area (Å²) in [6.07, 6.45) is 0. The molecule has 2 aromatic rings. The normalized spacial score (nSPS) is 10.8. The summed E-state index contributed by atoms with van der Waals surface area (Å²) in [5.41, 5.74) is 1.22. The molecule has 1 aromatic heterocycles. The fraction of sp³-hybridized carbons (Fsp3) is 0.273. The highest BCUT2D eigenvalue weighted by Crippen LogP contribution is 2.35. The van der Waals surface area contributed by atoms with Crippen LogP contribution in [0.4, 0.5) is 0 Å². The first kappa shape index (κ1) is 9.87. The molecule has 0 radical (unpaired) electrons. The Morgan fingerprint density at radius 2 is 2.21 bits per heavy atom. The Bertz CT molecular complexity index is 460. The Hall–Kier alpha value is -0.670. The maximum atomic E-state index is 5.54. The second-order valence-electron chi connectivity index (χ2n) is 3.12. The van der Waals surface area contributed by atoms with Crippen LogP contribution in [-0.2, 0) is 0 Å². The zero-order valence-corrected chi connectivity index (χ0v) is 9.91. The van der Waals surface area contributed by atoms with Crippen LogP contribution in [0.3, 0.4) is 0 Å². The minimum atomic E-state index is 0.714. The molecule has 0 saturated heterocycles. The molecule has 0 amide bonds. The van der Waals surface area contributed by atoms with E-state index < -0.39 is 0 Å². The molecule has 1 aromatic carbocycles. The summed E-state index contributed by atoms with van der Waals surface area (Å²) in [4.78, 5) is 1.05. The van der Waals surface area contributed by atoms with Crippen molar-refractivity contribution in [1.29, 1.82) is 0 Å². The summed E-state index contributed by atoms with van der Waals surface area (Å²) in [6.45, 7) is 4.81. The van der Waals surface area contributed by atoms with Crippen LogP contribution >= 0.6 is 24.0 Å². The number of fused-ring (bicyclic) bond motifs is 1. The van der Waals surface area contributed by atoms with Gasteiger partial charge >= 0.3 is 0 Å². The summed E-state index contributed by atoms with van der Waals surface area (Å²) in [7, 11) is 0. The molecule has 0 fully saturated rings. The van der Waals surface area contributed by atoms with E-state index in [-0.39, 0.29) is 0 Å². The smallest absolute Gasteiger partial charge is 0.123 e. The molecule has 3 heteroatoms. The van der Waals surface area contributed by atoms with E-state index in [9.17, 15) is 0 Å². The highest BCUT2D eigenvalue weighted by Gasteiger charge is 2.07. The first-order chi connectivity index (χ1) is 6.74. The van der Waals surface area contributed by atoms with Gasteiger partial charge in [-0.1, -0.05) is 0 Å². The molecule has 0 saturated carbocycles. The molecule has 0 aliphatic heterocycles. The van der Waals surface area contributed by atoms with Gasteiger partial charge in [0.1, 0.15) is 5.75 Å². The number of hydrogen-bond acceptors (Lipinski definition) is 3. The Morgan fingerprint density at radius 1 is 1.43 bits per heavy atom. The Morgan fingerprint density at radius 3 is 2.93 bits per heavy atom. The van der Waals surface area contributed by atoms with Gasteiger partial charge in [-0.2, -0.15) is 0 Å². The quantitative estimate of drug-likeness (QED) is 0.761. The van der Waals surface area contributed by atoms with E-state index in [0.29, 0.717) is 6.61 Å². The molecule has 0 aliphatic carbocycles. The van der Waals surface area contributed by atoms with Gasteiger partial charge in [0.15, 0.2) is 0 Å². The van der Waals surface area contributed by atoms with Crippen LogP contribution in [-0.4, -0.2) is 6.61 Å². The van der Waals surface area contributed by atoms with Crippen molar-refractivity contribution in [2.45, 2.75) is 18.7 Å². The van der Waals surface area contributed by atoms with Crippen LogP contribution in [0.1, 0.15) is 12.5 Å². The van der Waals surface area contributed by atoms with Crippen molar-refractivity contribution >= 4 is 34.1 Å². The lowest BCUT2D eigenvalue weighted by molar-refractivity contribution is 0.338. The van der Waals surface area contributed by atoms with Gasteiger partial charge in [0.05, 0.1) is 6.61 Å². The predicted octanol–water partition coefficient (Wildman–Crippen LogP) is 3.90. The van der Waals surface area contributed by atoms with Gasteiger partial charge in [-0.15, -0.1) is 24.0 Å². The summed E-state index contributed by atoms with van der Waals surface area (Å²) >= 11 is 6.13. The maximum absolute atomic E-state index is 5.54. The number of benzene rings is 1. The molecule has 0 aliphatic rings. The van der Waals surface area contributed by atoms with Crippen LogP contribution in [0, 0.1) is 6.92 Å². The topological polar surface area (TPSA) is 9.23 Å². The lowest BCUT2D eigenvalue weighted by atomic mass is 10.1. The van der Waals surface area contributed by atoms with E-state index in [1.165, 1.54) is 15.6 Å². The largest absolute Gasteiger partial charge is 0.494 e. The van der Waals surface area contributed by atoms with Crippen molar-refractivity contribution in [3.05, 3.63) is 23.1 Å². The van der Waals surface area contributed by atoms with Crippen molar-refractivity contribution in [2.24, 2.45) is 0 Å². The molecule has 1 heterocycles. The van der Waals surface area contributed by atoms with E-state index in [2.05, 4.69) is 31.0 Å². The zero-order chi connectivity index (χ0) is 10.1. The molecule has 0 atom stereocenters. The summed E-state index contributed by atoms with van der Waals surface area (Å²) in [5.74, 6) is 0.982. The standard InChI is InChI=1S/C11H12OS2/c1-3-12-9-5-4-8-10(13)6-14-11(8)7(9)2/h4-6,13H,3H2,1-2H3. The fourth-order valence-corrected chi connectivity index (χ4v) is 2.88. The second-order valence-corrected chi connectivity index (χ2v) is 4.48. The molecule has 0 unspecified atom stereocenters. The summed E-state index contributed by atoms with van der Waals surface area (Å²) in [6, 6.07) is 4.10. The minimum Gasteiger partial charge on any atom is -0.494 e. The SMILES string of the molecule is CCOc1ccc2c(S)csc2c1C. The predicted molar refractivity (Wildman–Crippen MR) is 65.0 cm³/mol. The highest BCUT2D eigenvalue weighted by atomic mass is 32.1. The monoisotopic (exact) mass is 224 g/mol. The van der Waals surface area contributed by atoms with Crippen LogP contribution in [0.2, 0.25) is 0 Å². The van der Waals surface area contributed by atoms with Crippen LogP contribution in [0.5, 0.6) is 5.75 Å². The second kappa shape index (κ2) is 3.83. The number of aryl methyl sites for hydroxylation is 1. The van der Waals surface area contributed by atoms with E-state index in [1.807, 2.05) is 13.0 Å². The average Bonchev–Trinajstić information content (AvgIpc) is 2.54. The Labute approximate surface area is 93.1 Å². The van der Waals surface area contributed by atoms with Crippen LogP contribution in [0.25, 0.3) is 10.1 Å². The molecule has 1 nitrogen and oxygen atoms in total. The van der Waals surface area contributed by atoms with E-state index in [4.69, 9.17) is 4.74 Å². The number of ether oxygens (including phenoxy) is 1. The van der Waals surface area contributed by atoms with Crippen molar-refractivity contribution < 1.29 is 4.74 Å². The van der Waals surface area contributed by atoms with Gasteiger partial charge in [0.25, 0.3) is 0 Å². The minimum absolute atomic E-state index is 0.714. The third-order valence-corrected chi connectivity index (χ3v) is 3.88. The van der Waals surface area contributed by atoms with E-state index >= 15 is 0 Å². The average molecular weight is 224 g/mol. The third kappa shape index (κ3) is 1.51. The number of rotatable bonds is 2. The number of hydrogen-bond donors (Lipinski definition) is 1. The summed E-state index contributed by atoms with van der Waals surface area (Å²) < 4.78 is 6.81. The van der Waals surface area contributed by atoms with Gasteiger partial charge in [-0.05, 0) is 26.0 Å². The first-order valence-corrected chi connectivity index (χ1v) is 5.89. The van der Waals surface area contributed by atoms with Crippen molar-refractivity contribution in [3.63, 3.8) is 0 Å². The first-order valence-electron chi connectivity index (χ1n) is 4.56. The molecular weight excluding hydrogens is 212 g/mol. The molecule has 74 valence electrons. The van der Waals surface area contributed by atoms with Crippen LogP contribution in [0.15, 0.2) is 22.4 Å². The molecule has 14 heavy (non-hydrogen) atoms. The van der Waals surface area contributed by atoms with Crippen LogP contribution < -0.4 is 4.74 Å².